The van der Waals surface area contributed by atoms with E-state index in [2.05, 4.69) is 27.7 Å². The number of hydrogen-bond donors (Lipinski definition) is 0. The van der Waals surface area contributed by atoms with E-state index < -0.39 is 0 Å². The van der Waals surface area contributed by atoms with E-state index in [0.717, 1.165) is 11.8 Å². The van der Waals surface area contributed by atoms with Crippen molar-refractivity contribution >= 4 is 0 Å². The van der Waals surface area contributed by atoms with Crippen LogP contribution in [-0.2, 0) is 0 Å². The van der Waals surface area contributed by atoms with E-state index in [1.807, 2.05) is 0 Å². The van der Waals surface area contributed by atoms with Gasteiger partial charge in [-0.15, -0.1) is 0 Å². The maximum Gasteiger partial charge on any atom is -0.0391 e. The van der Waals surface area contributed by atoms with Crippen molar-refractivity contribution in [3.8, 4) is 0 Å². The number of hydrogen-bond acceptors (Lipinski definition) is 0. The first kappa shape index (κ1) is 25.0. The Bertz CT molecular complexity index is 230. The predicted octanol–water partition coefficient (Wildman–Crippen LogP) is 9.71. The van der Waals surface area contributed by atoms with Crippen molar-refractivity contribution in [1.82, 2.24) is 0 Å². The summed E-state index contributed by atoms with van der Waals surface area (Å²) in [6, 6.07) is 0. The van der Waals surface area contributed by atoms with Crippen molar-refractivity contribution in [3.05, 3.63) is 0 Å². The Morgan fingerprint density at radius 2 is 0.760 bits per heavy atom. The molecule has 0 spiro atoms. The largest absolute Gasteiger partial charge is 0.0654 e. The highest BCUT2D eigenvalue weighted by Crippen LogP contribution is 2.24. The number of rotatable bonds is 20. The quantitative estimate of drug-likeness (QED) is 0.191. The molecule has 0 heteroatoms. The average Bonchev–Trinajstić information content (AvgIpc) is 2.60. The standard InChI is InChI=1S/C25H52/c1-5-7-8-9-10-11-12-13-14-15-16-17-18-19-20-21-23-25(22-6-2)24(3)4/h24-25H,5-23H2,1-4H3. The van der Waals surface area contributed by atoms with Crippen molar-refractivity contribution < 1.29 is 0 Å². The van der Waals surface area contributed by atoms with Crippen LogP contribution in [-0.4, -0.2) is 0 Å². The summed E-state index contributed by atoms with van der Waals surface area (Å²) in [5, 5.41) is 0. The SMILES string of the molecule is CCCCCCCCCCCCCCCCCCC(CCC)C(C)C. The van der Waals surface area contributed by atoms with E-state index in [0.29, 0.717) is 0 Å². The van der Waals surface area contributed by atoms with E-state index in [4.69, 9.17) is 0 Å². The second kappa shape index (κ2) is 20.3. The molecular formula is C25H52. The van der Waals surface area contributed by atoms with Crippen LogP contribution < -0.4 is 0 Å². The molecule has 0 amide bonds. The molecule has 0 aliphatic carbocycles. The average molecular weight is 353 g/mol. The molecule has 152 valence electrons. The van der Waals surface area contributed by atoms with Crippen LogP contribution in [0.4, 0.5) is 0 Å². The Morgan fingerprint density at radius 3 is 1.08 bits per heavy atom. The van der Waals surface area contributed by atoms with Gasteiger partial charge >= 0.3 is 0 Å². The van der Waals surface area contributed by atoms with Gasteiger partial charge in [0.2, 0.25) is 0 Å². The summed E-state index contributed by atoms with van der Waals surface area (Å²) in [5.74, 6) is 1.87. The van der Waals surface area contributed by atoms with Crippen LogP contribution in [0.3, 0.4) is 0 Å². The second-order valence-corrected chi connectivity index (χ2v) is 8.88. The molecule has 0 aliphatic heterocycles. The van der Waals surface area contributed by atoms with E-state index in [1.165, 1.54) is 122 Å². The fourth-order valence-corrected chi connectivity index (χ4v) is 4.14. The lowest BCUT2D eigenvalue weighted by molar-refractivity contribution is 0.321. The molecule has 0 N–H and O–H groups in total. The summed E-state index contributed by atoms with van der Waals surface area (Å²) in [6.07, 6.45) is 27.8. The van der Waals surface area contributed by atoms with Gasteiger partial charge in [-0.25, -0.2) is 0 Å². The van der Waals surface area contributed by atoms with Crippen LogP contribution in [0.15, 0.2) is 0 Å². The molecule has 1 atom stereocenters. The number of unbranched alkanes of at least 4 members (excludes halogenated alkanes) is 15. The van der Waals surface area contributed by atoms with E-state index >= 15 is 0 Å². The molecule has 0 aliphatic rings. The minimum absolute atomic E-state index is 0.885. The van der Waals surface area contributed by atoms with Gasteiger partial charge in [-0.2, -0.15) is 0 Å². The van der Waals surface area contributed by atoms with E-state index in [9.17, 15) is 0 Å². The third-order valence-corrected chi connectivity index (χ3v) is 6.03. The van der Waals surface area contributed by atoms with Gasteiger partial charge in [0.25, 0.3) is 0 Å². The molecule has 0 bridgehead atoms. The predicted molar refractivity (Wildman–Crippen MR) is 117 cm³/mol. The van der Waals surface area contributed by atoms with Crippen LogP contribution in [0.5, 0.6) is 0 Å². The Kier molecular flexibility index (Phi) is 20.3. The second-order valence-electron chi connectivity index (χ2n) is 8.88. The summed E-state index contributed by atoms with van der Waals surface area (Å²) in [7, 11) is 0. The van der Waals surface area contributed by atoms with E-state index in [1.54, 1.807) is 0 Å². The fraction of sp³-hybridized carbons (Fsp3) is 1.00. The summed E-state index contributed by atoms with van der Waals surface area (Å²) in [5.41, 5.74) is 0. The van der Waals surface area contributed by atoms with Crippen LogP contribution >= 0.6 is 0 Å². The molecule has 0 nitrogen and oxygen atoms in total. The van der Waals surface area contributed by atoms with Gasteiger partial charge in [-0.1, -0.05) is 150 Å². The van der Waals surface area contributed by atoms with Gasteiger partial charge in [-0.05, 0) is 11.8 Å². The van der Waals surface area contributed by atoms with Crippen molar-refractivity contribution in [1.29, 1.82) is 0 Å². The van der Waals surface area contributed by atoms with Crippen molar-refractivity contribution in [2.75, 3.05) is 0 Å². The molecule has 0 heterocycles. The Hall–Kier alpha value is 0. The zero-order valence-corrected chi connectivity index (χ0v) is 18.6. The Balaban J connectivity index is 3.16. The van der Waals surface area contributed by atoms with Gasteiger partial charge in [0.05, 0.1) is 0 Å². The van der Waals surface area contributed by atoms with Crippen LogP contribution in [0, 0.1) is 11.8 Å². The third kappa shape index (κ3) is 18.6. The maximum atomic E-state index is 2.41. The van der Waals surface area contributed by atoms with Crippen LogP contribution in [0.25, 0.3) is 0 Å². The lowest BCUT2D eigenvalue weighted by Gasteiger charge is -2.19. The summed E-state index contributed by atoms with van der Waals surface area (Å²) >= 11 is 0. The zero-order valence-electron chi connectivity index (χ0n) is 18.6. The van der Waals surface area contributed by atoms with Gasteiger partial charge in [0.1, 0.15) is 0 Å². The monoisotopic (exact) mass is 352 g/mol. The van der Waals surface area contributed by atoms with E-state index in [-0.39, 0.29) is 0 Å². The van der Waals surface area contributed by atoms with Crippen LogP contribution in [0.1, 0.15) is 150 Å². The molecule has 0 saturated heterocycles. The van der Waals surface area contributed by atoms with Crippen LogP contribution in [0.2, 0.25) is 0 Å². The highest BCUT2D eigenvalue weighted by molar-refractivity contribution is 4.63. The molecule has 0 aromatic carbocycles. The zero-order chi connectivity index (χ0) is 18.6. The highest BCUT2D eigenvalue weighted by Gasteiger charge is 2.11. The maximum absolute atomic E-state index is 2.41. The Morgan fingerprint density at radius 1 is 0.400 bits per heavy atom. The molecule has 1 unspecified atom stereocenters. The molecule has 25 heavy (non-hydrogen) atoms. The Labute approximate surface area is 161 Å². The summed E-state index contributed by atoms with van der Waals surface area (Å²) < 4.78 is 0. The van der Waals surface area contributed by atoms with Crippen molar-refractivity contribution in [2.45, 2.75) is 150 Å². The fourth-order valence-electron chi connectivity index (χ4n) is 4.14. The first-order valence-corrected chi connectivity index (χ1v) is 12.2. The van der Waals surface area contributed by atoms with Gasteiger partial charge < -0.3 is 0 Å². The topological polar surface area (TPSA) is 0 Å². The smallest absolute Gasteiger partial charge is 0.0391 e. The normalized spacial score (nSPS) is 12.8. The lowest BCUT2D eigenvalue weighted by Crippen LogP contribution is -2.08. The molecule has 0 aromatic rings. The lowest BCUT2D eigenvalue weighted by atomic mass is 9.86. The summed E-state index contributed by atoms with van der Waals surface area (Å²) in [4.78, 5) is 0. The minimum Gasteiger partial charge on any atom is -0.0654 e. The first-order valence-electron chi connectivity index (χ1n) is 12.2. The van der Waals surface area contributed by atoms with Crippen molar-refractivity contribution in [2.24, 2.45) is 11.8 Å². The minimum atomic E-state index is 0.885. The summed E-state index contributed by atoms with van der Waals surface area (Å²) in [6.45, 7) is 9.46. The molecule has 0 saturated carbocycles. The van der Waals surface area contributed by atoms with Crippen molar-refractivity contribution in [3.63, 3.8) is 0 Å². The molecule has 0 radical (unpaired) electrons. The highest BCUT2D eigenvalue weighted by atomic mass is 14.2. The molecule has 0 rings (SSSR count). The van der Waals surface area contributed by atoms with Gasteiger partial charge in [0.15, 0.2) is 0 Å². The third-order valence-electron chi connectivity index (χ3n) is 6.03. The molecule has 0 aromatic heterocycles. The van der Waals surface area contributed by atoms with Gasteiger partial charge in [-0.3, -0.25) is 0 Å². The molecular weight excluding hydrogens is 300 g/mol. The van der Waals surface area contributed by atoms with Gasteiger partial charge in [0, 0.05) is 0 Å². The molecule has 0 fully saturated rings. The first-order chi connectivity index (χ1) is 12.2.